The first-order chi connectivity index (χ1) is 10.7. The van der Waals surface area contributed by atoms with Crippen molar-refractivity contribution in [2.75, 3.05) is 17.7 Å². The Kier molecular flexibility index (Phi) is 4.71. The molecule has 0 unspecified atom stereocenters. The maximum absolute atomic E-state index is 12.5. The van der Waals surface area contributed by atoms with E-state index in [1.807, 2.05) is 30.3 Å². The van der Waals surface area contributed by atoms with Crippen molar-refractivity contribution in [2.45, 2.75) is 0 Å². The van der Waals surface area contributed by atoms with Crippen LogP contribution >= 0.6 is 23.4 Å². The van der Waals surface area contributed by atoms with Gasteiger partial charge in [0.25, 0.3) is 5.91 Å². The second kappa shape index (κ2) is 6.90. The number of nitrogens with one attached hydrogen (secondary N) is 1. The van der Waals surface area contributed by atoms with Crippen LogP contribution in [0.5, 0.6) is 0 Å². The third-order valence-electron chi connectivity index (χ3n) is 3.13. The summed E-state index contributed by atoms with van der Waals surface area (Å²) in [5.41, 5.74) is 1.62. The van der Waals surface area contributed by atoms with Gasteiger partial charge in [-0.3, -0.25) is 4.79 Å². The second-order valence-corrected chi connectivity index (χ2v) is 6.22. The Bertz CT molecular complexity index is 698. The zero-order valence-corrected chi connectivity index (χ0v) is 13.3. The molecule has 0 atom stereocenters. The lowest BCUT2D eigenvalue weighted by atomic mass is 10.1. The Balaban J connectivity index is 1.87. The topological polar surface area (TPSA) is 38.3 Å². The van der Waals surface area contributed by atoms with E-state index in [0.29, 0.717) is 28.0 Å². The molecule has 22 heavy (non-hydrogen) atoms. The van der Waals surface area contributed by atoms with Gasteiger partial charge >= 0.3 is 0 Å². The Labute approximate surface area is 138 Å². The predicted octanol–water partition coefficient (Wildman–Crippen LogP) is 4.41. The quantitative estimate of drug-likeness (QED) is 0.905. The normalized spacial score (nSPS) is 14.4. The molecule has 1 amide bonds. The van der Waals surface area contributed by atoms with E-state index in [-0.39, 0.29) is 5.91 Å². The van der Waals surface area contributed by atoms with Crippen molar-refractivity contribution in [3.63, 3.8) is 0 Å². The number of hydrogen-bond acceptors (Lipinski definition) is 3. The number of carbonyl (C=O) groups is 1. The van der Waals surface area contributed by atoms with Gasteiger partial charge in [0.1, 0.15) is 10.7 Å². The first kappa shape index (κ1) is 15.0. The van der Waals surface area contributed by atoms with Crippen LogP contribution in [0.25, 0.3) is 5.76 Å². The van der Waals surface area contributed by atoms with Crippen LogP contribution in [0.4, 0.5) is 5.69 Å². The summed E-state index contributed by atoms with van der Waals surface area (Å²) in [5.74, 6) is 1.24. The number of rotatable bonds is 3. The lowest BCUT2D eigenvalue weighted by Crippen LogP contribution is -2.18. The van der Waals surface area contributed by atoms with Gasteiger partial charge in [-0.2, -0.15) is 0 Å². The number of halogens is 1. The molecule has 0 spiro atoms. The molecule has 0 aromatic heterocycles. The molecule has 0 saturated heterocycles. The highest BCUT2D eigenvalue weighted by Crippen LogP contribution is 2.33. The number of anilines is 1. The number of ether oxygens (including phenoxy) is 1. The molecular formula is C17H14ClNO2S. The van der Waals surface area contributed by atoms with Crippen molar-refractivity contribution in [1.82, 2.24) is 0 Å². The summed E-state index contributed by atoms with van der Waals surface area (Å²) in [6, 6.07) is 16.7. The first-order valence-electron chi connectivity index (χ1n) is 6.86. The van der Waals surface area contributed by atoms with Crippen molar-refractivity contribution < 1.29 is 9.53 Å². The van der Waals surface area contributed by atoms with Crippen LogP contribution in [-0.2, 0) is 9.53 Å². The van der Waals surface area contributed by atoms with Gasteiger partial charge in [-0.05, 0) is 24.3 Å². The molecule has 3 nitrogen and oxygen atoms in total. The van der Waals surface area contributed by atoms with Crippen molar-refractivity contribution >= 4 is 40.7 Å². The lowest BCUT2D eigenvalue weighted by molar-refractivity contribution is -0.112. The summed E-state index contributed by atoms with van der Waals surface area (Å²) >= 11 is 7.37. The fourth-order valence-electron chi connectivity index (χ4n) is 2.11. The molecule has 1 heterocycles. The van der Waals surface area contributed by atoms with Gasteiger partial charge in [-0.25, -0.2) is 0 Å². The highest BCUT2D eigenvalue weighted by Gasteiger charge is 2.22. The maximum atomic E-state index is 12.5. The number of benzene rings is 2. The molecule has 2 aromatic rings. The van der Waals surface area contributed by atoms with Gasteiger partial charge in [0, 0.05) is 22.0 Å². The summed E-state index contributed by atoms with van der Waals surface area (Å²) in [6.45, 7) is 0.604. The van der Waals surface area contributed by atoms with Crippen LogP contribution < -0.4 is 5.32 Å². The van der Waals surface area contributed by atoms with E-state index in [9.17, 15) is 4.79 Å². The molecule has 3 rings (SSSR count). The van der Waals surface area contributed by atoms with Crippen LogP contribution in [0.15, 0.2) is 59.5 Å². The monoisotopic (exact) mass is 331 g/mol. The standard InChI is InChI=1S/C17H14ClNO2S/c18-13-6-8-14(9-7-13)19-17(20)16-15(21-10-11-22-16)12-4-2-1-3-5-12/h1-9H,10-11H2,(H,19,20). The average Bonchev–Trinajstić information content (AvgIpc) is 2.58. The van der Waals surface area contributed by atoms with E-state index in [1.54, 1.807) is 24.3 Å². The van der Waals surface area contributed by atoms with Gasteiger partial charge in [0.15, 0.2) is 0 Å². The molecule has 112 valence electrons. The number of amides is 1. The summed E-state index contributed by atoms with van der Waals surface area (Å²) < 4.78 is 5.73. The summed E-state index contributed by atoms with van der Waals surface area (Å²) in [5, 5.41) is 3.52. The van der Waals surface area contributed by atoms with Gasteiger partial charge in [0.2, 0.25) is 0 Å². The highest BCUT2D eigenvalue weighted by atomic mass is 35.5. The fraction of sp³-hybridized carbons (Fsp3) is 0.118. The van der Waals surface area contributed by atoms with E-state index < -0.39 is 0 Å². The van der Waals surface area contributed by atoms with Crippen molar-refractivity contribution in [2.24, 2.45) is 0 Å². The van der Waals surface area contributed by atoms with Crippen LogP contribution in [0.3, 0.4) is 0 Å². The van der Waals surface area contributed by atoms with E-state index in [0.717, 1.165) is 11.3 Å². The molecule has 2 aromatic carbocycles. The molecule has 0 saturated carbocycles. The van der Waals surface area contributed by atoms with E-state index in [1.165, 1.54) is 11.8 Å². The zero-order valence-electron chi connectivity index (χ0n) is 11.7. The second-order valence-electron chi connectivity index (χ2n) is 4.68. The summed E-state index contributed by atoms with van der Waals surface area (Å²) in [6.07, 6.45) is 0. The van der Waals surface area contributed by atoms with Crippen LogP contribution in [0.1, 0.15) is 5.56 Å². The Morgan fingerprint density at radius 3 is 2.55 bits per heavy atom. The number of thioether (sulfide) groups is 1. The minimum absolute atomic E-state index is 0.161. The minimum Gasteiger partial charge on any atom is -0.491 e. The Morgan fingerprint density at radius 2 is 1.82 bits per heavy atom. The van der Waals surface area contributed by atoms with E-state index >= 15 is 0 Å². The molecule has 0 fully saturated rings. The summed E-state index contributed by atoms with van der Waals surface area (Å²) in [4.78, 5) is 13.1. The Morgan fingerprint density at radius 1 is 1.09 bits per heavy atom. The lowest BCUT2D eigenvalue weighted by Gasteiger charge is -2.20. The third-order valence-corrected chi connectivity index (χ3v) is 4.41. The average molecular weight is 332 g/mol. The first-order valence-corrected chi connectivity index (χ1v) is 8.22. The SMILES string of the molecule is O=C(Nc1ccc(Cl)cc1)C1=C(c2ccccc2)OCCS1. The van der Waals surface area contributed by atoms with E-state index in [4.69, 9.17) is 16.3 Å². The van der Waals surface area contributed by atoms with Gasteiger partial charge in [-0.15, -0.1) is 11.8 Å². The number of carbonyl (C=O) groups excluding carboxylic acids is 1. The smallest absolute Gasteiger partial charge is 0.265 e. The molecule has 0 radical (unpaired) electrons. The molecule has 0 aliphatic carbocycles. The highest BCUT2D eigenvalue weighted by molar-refractivity contribution is 8.04. The van der Waals surface area contributed by atoms with Crippen LogP contribution in [0, 0.1) is 0 Å². The fourth-order valence-corrected chi connectivity index (χ4v) is 3.10. The summed E-state index contributed by atoms with van der Waals surface area (Å²) in [7, 11) is 0. The molecule has 5 heteroatoms. The molecular weight excluding hydrogens is 318 g/mol. The Hall–Kier alpha value is -1.91. The van der Waals surface area contributed by atoms with Crippen LogP contribution in [-0.4, -0.2) is 18.3 Å². The minimum atomic E-state index is -0.161. The number of hydrogen-bond donors (Lipinski definition) is 1. The van der Waals surface area contributed by atoms with Crippen molar-refractivity contribution in [3.8, 4) is 0 Å². The molecule has 1 aliphatic rings. The van der Waals surface area contributed by atoms with Crippen LogP contribution in [0.2, 0.25) is 5.02 Å². The predicted molar refractivity (Wildman–Crippen MR) is 91.9 cm³/mol. The zero-order chi connectivity index (χ0) is 15.4. The van der Waals surface area contributed by atoms with Gasteiger partial charge < -0.3 is 10.1 Å². The van der Waals surface area contributed by atoms with Gasteiger partial charge in [0.05, 0.1) is 6.61 Å². The molecule has 1 N–H and O–H groups in total. The molecule has 1 aliphatic heterocycles. The van der Waals surface area contributed by atoms with E-state index in [2.05, 4.69) is 5.32 Å². The molecule has 0 bridgehead atoms. The van der Waals surface area contributed by atoms with Crippen molar-refractivity contribution in [3.05, 3.63) is 70.1 Å². The van der Waals surface area contributed by atoms with Crippen molar-refractivity contribution in [1.29, 1.82) is 0 Å². The maximum Gasteiger partial charge on any atom is 0.265 e. The largest absolute Gasteiger partial charge is 0.491 e. The third kappa shape index (κ3) is 3.46. The van der Waals surface area contributed by atoms with Gasteiger partial charge in [-0.1, -0.05) is 41.9 Å².